The van der Waals surface area contributed by atoms with E-state index < -0.39 is 0 Å². The first-order valence-corrected chi connectivity index (χ1v) is 11.9. The van der Waals surface area contributed by atoms with Gasteiger partial charge in [-0.1, -0.05) is 18.2 Å². The van der Waals surface area contributed by atoms with Crippen LogP contribution in [0.5, 0.6) is 5.75 Å². The van der Waals surface area contributed by atoms with Gasteiger partial charge in [0.25, 0.3) is 5.91 Å². The van der Waals surface area contributed by atoms with Crippen molar-refractivity contribution in [3.63, 3.8) is 0 Å². The number of nitrogens with one attached hydrogen (secondary N) is 1. The fourth-order valence-electron chi connectivity index (χ4n) is 5.38. The Morgan fingerprint density at radius 1 is 1.09 bits per heavy atom. The van der Waals surface area contributed by atoms with Crippen LogP contribution < -0.4 is 15.0 Å². The average Bonchev–Trinajstić information content (AvgIpc) is 3.31. The Kier molecular flexibility index (Phi) is 6.13. The van der Waals surface area contributed by atoms with Crippen molar-refractivity contribution >= 4 is 23.5 Å². The Morgan fingerprint density at radius 2 is 1.91 bits per heavy atom. The summed E-state index contributed by atoms with van der Waals surface area (Å²) in [4.78, 5) is 43.7. The van der Waals surface area contributed by atoms with Crippen LogP contribution in [-0.4, -0.2) is 67.0 Å². The molecule has 0 spiro atoms. The SMILES string of the molecule is COc1ccc(CN2C(=O)CC[C@@H]3CN(C(=O)c4cccc(N5CCNC5=O)c4)CC[C@@H]32)cc1. The first kappa shape index (κ1) is 22.3. The predicted octanol–water partition coefficient (Wildman–Crippen LogP) is 2.88. The van der Waals surface area contributed by atoms with Gasteiger partial charge in [-0.3, -0.25) is 14.5 Å². The van der Waals surface area contributed by atoms with E-state index in [0.717, 1.165) is 29.8 Å². The summed E-state index contributed by atoms with van der Waals surface area (Å²) in [6, 6.07) is 15.2. The number of likely N-dealkylation sites (tertiary alicyclic amines) is 2. The molecule has 0 unspecified atom stereocenters. The summed E-state index contributed by atoms with van der Waals surface area (Å²) in [5.74, 6) is 1.24. The molecule has 4 amide bonds. The van der Waals surface area contributed by atoms with Crippen molar-refractivity contribution in [3.05, 3.63) is 59.7 Å². The van der Waals surface area contributed by atoms with Gasteiger partial charge in [-0.05, 0) is 54.7 Å². The van der Waals surface area contributed by atoms with Crippen molar-refractivity contribution in [1.82, 2.24) is 15.1 Å². The topological polar surface area (TPSA) is 82.2 Å². The maximum absolute atomic E-state index is 13.3. The van der Waals surface area contributed by atoms with Crippen LogP contribution in [0.4, 0.5) is 10.5 Å². The average molecular weight is 463 g/mol. The lowest BCUT2D eigenvalue weighted by atomic mass is 9.83. The highest BCUT2D eigenvalue weighted by atomic mass is 16.5. The second-order valence-corrected chi connectivity index (χ2v) is 9.21. The number of methoxy groups -OCH3 is 1. The van der Waals surface area contributed by atoms with E-state index in [-0.39, 0.29) is 29.8 Å². The number of rotatable bonds is 5. The van der Waals surface area contributed by atoms with Crippen LogP contribution >= 0.6 is 0 Å². The molecule has 3 saturated heterocycles. The number of hydrogen-bond acceptors (Lipinski definition) is 4. The lowest BCUT2D eigenvalue weighted by Crippen LogP contribution is -2.56. The quantitative estimate of drug-likeness (QED) is 0.741. The van der Waals surface area contributed by atoms with Crippen molar-refractivity contribution in [2.24, 2.45) is 5.92 Å². The van der Waals surface area contributed by atoms with Gasteiger partial charge in [-0.2, -0.15) is 0 Å². The van der Waals surface area contributed by atoms with Gasteiger partial charge in [0.05, 0.1) is 7.11 Å². The molecule has 3 fully saturated rings. The molecular weight excluding hydrogens is 432 g/mol. The van der Waals surface area contributed by atoms with E-state index in [0.29, 0.717) is 44.7 Å². The number of anilines is 1. The van der Waals surface area contributed by atoms with Crippen molar-refractivity contribution in [3.8, 4) is 5.75 Å². The molecule has 2 aromatic carbocycles. The van der Waals surface area contributed by atoms with Crippen LogP contribution in [0.25, 0.3) is 0 Å². The van der Waals surface area contributed by atoms with Crippen molar-refractivity contribution in [1.29, 1.82) is 0 Å². The number of fused-ring (bicyclic) bond motifs is 1. The Morgan fingerprint density at radius 3 is 2.65 bits per heavy atom. The highest BCUT2D eigenvalue weighted by Crippen LogP contribution is 2.33. The number of carbonyl (C=O) groups excluding carboxylic acids is 3. The molecule has 5 rings (SSSR count). The van der Waals surface area contributed by atoms with Gasteiger partial charge >= 0.3 is 6.03 Å². The monoisotopic (exact) mass is 462 g/mol. The molecular formula is C26H30N4O4. The van der Waals surface area contributed by atoms with Gasteiger partial charge in [0.15, 0.2) is 0 Å². The molecule has 8 nitrogen and oxygen atoms in total. The molecule has 3 aliphatic rings. The Balaban J connectivity index is 1.27. The smallest absolute Gasteiger partial charge is 0.321 e. The number of hydrogen-bond donors (Lipinski definition) is 1. The number of carbonyl (C=O) groups is 3. The van der Waals surface area contributed by atoms with Gasteiger partial charge in [0.2, 0.25) is 5.91 Å². The van der Waals surface area contributed by atoms with Crippen LogP contribution in [-0.2, 0) is 11.3 Å². The van der Waals surface area contributed by atoms with E-state index in [9.17, 15) is 14.4 Å². The zero-order valence-electron chi connectivity index (χ0n) is 19.4. The number of amides is 4. The second-order valence-electron chi connectivity index (χ2n) is 9.21. The molecule has 0 radical (unpaired) electrons. The second kappa shape index (κ2) is 9.37. The molecule has 2 atom stereocenters. The Labute approximate surface area is 199 Å². The first-order valence-electron chi connectivity index (χ1n) is 11.9. The summed E-state index contributed by atoms with van der Waals surface area (Å²) in [5, 5.41) is 2.80. The van der Waals surface area contributed by atoms with E-state index in [4.69, 9.17) is 4.74 Å². The number of ether oxygens (including phenoxy) is 1. The molecule has 0 saturated carbocycles. The molecule has 1 N–H and O–H groups in total. The number of piperidine rings is 2. The zero-order chi connectivity index (χ0) is 23.7. The summed E-state index contributed by atoms with van der Waals surface area (Å²) in [6.07, 6.45) is 2.09. The van der Waals surface area contributed by atoms with Gasteiger partial charge in [-0.25, -0.2) is 4.79 Å². The maximum atomic E-state index is 13.3. The summed E-state index contributed by atoms with van der Waals surface area (Å²) in [6.45, 7) is 3.04. The van der Waals surface area contributed by atoms with Gasteiger partial charge in [0.1, 0.15) is 5.75 Å². The third-order valence-corrected chi connectivity index (χ3v) is 7.20. The van der Waals surface area contributed by atoms with Crippen LogP contribution in [0.15, 0.2) is 48.5 Å². The summed E-state index contributed by atoms with van der Waals surface area (Å²) in [5.41, 5.74) is 2.42. The van der Waals surface area contributed by atoms with Gasteiger partial charge < -0.3 is 19.9 Å². The maximum Gasteiger partial charge on any atom is 0.321 e. The van der Waals surface area contributed by atoms with Gasteiger partial charge in [-0.15, -0.1) is 0 Å². The highest BCUT2D eigenvalue weighted by Gasteiger charge is 2.40. The van der Waals surface area contributed by atoms with Crippen molar-refractivity contribution in [2.45, 2.75) is 31.8 Å². The standard InChI is InChI=1S/C26H30N4O4/c1-34-22-8-5-18(6-9-22)16-30-23-11-13-28(17-20(23)7-10-24(30)31)25(32)19-3-2-4-21(15-19)29-14-12-27-26(29)33/h2-6,8-9,15,20,23H,7,10-14,16-17H2,1H3,(H,27,33)/t20-,23+/m1/s1. The van der Waals surface area contributed by atoms with E-state index >= 15 is 0 Å². The molecule has 3 aliphatic heterocycles. The normalized spacial score (nSPS) is 22.4. The fourth-order valence-corrected chi connectivity index (χ4v) is 5.38. The molecule has 178 valence electrons. The molecule has 2 aromatic rings. The predicted molar refractivity (Wildman–Crippen MR) is 128 cm³/mol. The minimum absolute atomic E-state index is 0.0153. The van der Waals surface area contributed by atoms with E-state index in [1.54, 1.807) is 18.1 Å². The summed E-state index contributed by atoms with van der Waals surface area (Å²) in [7, 11) is 1.64. The first-order chi connectivity index (χ1) is 16.5. The lowest BCUT2D eigenvalue weighted by Gasteiger charge is -2.47. The number of urea groups is 1. The van der Waals surface area contributed by atoms with Crippen molar-refractivity contribution < 1.29 is 19.1 Å². The third-order valence-electron chi connectivity index (χ3n) is 7.20. The minimum Gasteiger partial charge on any atom is -0.497 e. The van der Waals surface area contributed by atoms with E-state index in [2.05, 4.69) is 5.32 Å². The molecule has 34 heavy (non-hydrogen) atoms. The van der Waals surface area contributed by atoms with Gasteiger partial charge in [0, 0.05) is 56.4 Å². The summed E-state index contributed by atoms with van der Waals surface area (Å²) < 4.78 is 5.24. The van der Waals surface area contributed by atoms with Crippen molar-refractivity contribution in [2.75, 3.05) is 38.2 Å². The Bertz CT molecular complexity index is 1090. The molecule has 0 aliphatic carbocycles. The van der Waals surface area contributed by atoms with E-state index in [1.807, 2.05) is 52.3 Å². The molecule has 8 heteroatoms. The molecule has 0 aromatic heterocycles. The van der Waals surface area contributed by atoms with E-state index in [1.165, 1.54) is 0 Å². The Hall–Kier alpha value is -3.55. The van der Waals surface area contributed by atoms with Crippen LogP contribution in [0, 0.1) is 5.92 Å². The third kappa shape index (κ3) is 4.32. The number of nitrogens with zero attached hydrogens (tertiary/aromatic N) is 3. The van der Waals surface area contributed by atoms with Crippen LogP contribution in [0.2, 0.25) is 0 Å². The summed E-state index contributed by atoms with van der Waals surface area (Å²) >= 11 is 0. The largest absolute Gasteiger partial charge is 0.497 e. The van der Waals surface area contributed by atoms with Crippen LogP contribution in [0.1, 0.15) is 35.2 Å². The number of benzene rings is 2. The highest BCUT2D eigenvalue weighted by molar-refractivity contribution is 5.98. The lowest BCUT2D eigenvalue weighted by molar-refractivity contribution is -0.141. The minimum atomic E-state index is -0.130. The molecule has 0 bridgehead atoms. The van der Waals surface area contributed by atoms with Crippen LogP contribution in [0.3, 0.4) is 0 Å². The zero-order valence-corrected chi connectivity index (χ0v) is 19.4. The fraction of sp³-hybridized carbons (Fsp3) is 0.423. The molecule has 3 heterocycles.